The highest BCUT2D eigenvalue weighted by molar-refractivity contribution is 5.51. The number of rotatable bonds is 2. The standard InChI is InChI=1S/C12H13FN2O/c1-7-5-15-6-8(2)14-12(15)10(13)11(7)16-9-3-4-9/h5-6,9H,3-4H2,1-2H3. The molecule has 0 spiro atoms. The first-order valence-electron chi connectivity index (χ1n) is 5.46. The Kier molecular flexibility index (Phi) is 1.93. The molecule has 16 heavy (non-hydrogen) atoms. The molecule has 1 aliphatic carbocycles. The molecule has 0 radical (unpaired) electrons. The van der Waals surface area contributed by atoms with Gasteiger partial charge in [-0.2, -0.15) is 4.39 Å². The summed E-state index contributed by atoms with van der Waals surface area (Å²) >= 11 is 0. The Labute approximate surface area is 92.9 Å². The van der Waals surface area contributed by atoms with Crippen LogP contribution < -0.4 is 4.74 Å². The van der Waals surface area contributed by atoms with Gasteiger partial charge in [0.15, 0.2) is 11.4 Å². The summed E-state index contributed by atoms with van der Waals surface area (Å²) in [5.74, 6) is 0.0144. The topological polar surface area (TPSA) is 26.5 Å². The van der Waals surface area contributed by atoms with Crippen LogP contribution >= 0.6 is 0 Å². The molecule has 0 unspecified atom stereocenters. The molecule has 1 saturated carbocycles. The summed E-state index contributed by atoms with van der Waals surface area (Å²) in [6.07, 6.45) is 5.92. The summed E-state index contributed by atoms with van der Waals surface area (Å²) in [6, 6.07) is 0. The molecule has 0 bridgehead atoms. The van der Waals surface area contributed by atoms with Crippen molar-refractivity contribution in [1.82, 2.24) is 9.38 Å². The van der Waals surface area contributed by atoms with Crippen molar-refractivity contribution >= 4 is 5.65 Å². The van der Waals surface area contributed by atoms with Crippen LogP contribution in [-0.2, 0) is 0 Å². The van der Waals surface area contributed by atoms with Gasteiger partial charge < -0.3 is 9.14 Å². The van der Waals surface area contributed by atoms with Crippen molar-refractivity contribution in [3.63, 3.8) is 0 Å². The third-order valence-electron chi connectivity index (χ3n) is 2.75. The van der Waals surface area contributed by atoms with Crippen LogP contribution in [0.25, 0.3) is 5.65 Å². The van der Waals surface area contributed by atoms with Gasteiger partial charge in [0.2, 0.25) is 5.82 Å². The van der Waals surface area contributed by atoms with E-state index in [9.17, 15) is 4.39 Å². The van der Waals surface area contributed by atoms with Crippen LogP contribution in [0.1, 0.15) is 24.1 Å². The molecule has 4 heteroatoms. The Balaban J connectivity index is 2.18. The number of nitrogens with zero attached hydrogens (tertiary/aromatic N) is 2. The molecule has 3 nitrogen and oxygen atoms in total. The highest BCUT2D eigenvalue weighted by atomic mass is 19.1. The zero-order chi connectivity index (χ0) is 11.3. The largest absolute Gasteiger partial charge is 0.487 e. The summed E-state index contributed by atoms with van der Waals surface area (Å²) in [4.78, 5) is 4.15. The Morgan fingerprint density at radius 3 is 2.81 bits per heavy atom. The summed E-state index contributed by atoms with van der Waals surface area (Å²) in [6.45, 7) is 3.71. The lowest BCUT2D eigenvalue weighted by Gasteiger charge is -2.09. The molecule has 0 saturated heterocycles. The monoisotopic (exact) mass is 220 g/mol. The van der Waals surface area contributed by atoms with E-state index < -0.39 is 0 Å². The second kappa shape index (κ2) is 3.20. The van der Waals surface area contributed by atoms with Gasteiger partial charge in [0, 0.05) is 18.0 Å². The summed E-state index contributed by atoms with van der Waals surface area (Å²) < 4.78 is 21.4. The van der Waals surface area contributed by atoms with E-state index in [2.05, 4.69) is 4.98 Å². The van der Waals surface area contributed by atoms with Gasteiger partial charge in [0.05, 0.1) is 11.8 Å². The fourth-order valence-corrected chi connectivity index (χ4v) is 1.82. The van der Waals surface area contributed by atoms with Gasteiger partial charge in [0.1, 0.15) is 0 Å². The molecule has 0 aliphatic heterocycles. The zero-order valence-electron chi connectivity index (χ0n) is 9.33. The summed E-state index contributed by atoms with van der Waals surface area (Å²) in [5.41, 5.74) is 1.97. The van der Waals surface area contributed by atoms with E-state index in [1.54, 1.807) is 4.40 Å². The van der Waals surface area contributed by atoms with E-state index in [1.165, 1.54) is 0 Å². The van der Waals surface area contributed by atoms with Gasteiger partial charge in [-0.1, -0.05) is 0 Å². The van der Waals surface area contributed by atoms with Gasteiger partial charge in [-0.3, -0.25) is 0 Å². The maximum Gasteiger partial charge on any atom is 0.208 e. The number of pyridine rings is 1. The minimum Gasteiger partial charge on any atom is -0.487 e. The number of aryl methyl sites for hydroxylation is 2. The van der Waals surface area contributed by atoms with E-state index in [0.29, 0.717) is 11.4 Å². The highest BCUT2D eigenvalue weighted by Crippen LogP contribution is 2.32. The zero-order valence-corrected chi connectivity index (χ0v) is 9.33. The van der Waals surface area contributed by atoms with E-state index in [1.807, 2.05) is 26.2 Å². The van der Waals surface area contributed by atoms with E-state index in [4.69, 9.17) is 4.74 Å². The van der Waals surface area contributed by atoms with Gasteiger partial charge in [-0.15, -0.1) is 0 Å². The molecule has 1 aliphatic rings. The molecule has 0 amide bonds. The first kappa shape index (κ1) is 9.63. The third kappa shape index (κ3) is 1.45. The first-order valence-corrected chi connectivity index (χ1v) is 5.46. The van der Waals surface area contributed by atoms with Crippen LogP contribution in [0.5, 0.6) is 5.75 Å². The molecule has 1 fully saturated rings. The quantitative estimate of drug-likeness (QED) is 0.777. The molecule has 2 aromatic heterocycles. The third-order valence-corrected chi connectivity index (χ3v) is 2.75. The van der Waals surface area contributed by atoms with Crippen LogP contribution in [0.2, 0.25) is 0 Å². The fourth-order valence-electron chi connectivity index (χ4n) is 1.82. The molecule has 2 aromatic rings. The van der Waals surface area contributed by atoms with Gasteiger partial charge in [-0.25, -0.2) is 4.98 Å². The molecule has 84 valence electrons. The lowest BCUT2D eigenvalue weighted by molar-refractivity contribution is 0.285. The molecular formula is C12H13FN2O. The Morgan fingerprint density at radius 2 is 2.12 bits per heavy atom. The number of imidazole rings is 1. The van der Waals surface area contributed by atoms with Crippen LogP contribution in [0.3, 0.4) is 0 Å². The predicted molar refractivity (Wildman–Crippen MR) is 58.3 cm³/mol. The van der Waals surface area contributed by atoms with Crippen LogP contribution in [0.15, 0.2) is 12.4 Å². The minimum atomic E-state index is -0.347. The number of aromatic nitrogens is 2. The van der Waals surface area contributed by atoms with E-state index in [-0.39, 0.29) is 11.9 Å². The lowest BCUT2D eigenvalue weighted by atomic mass is 10.3. The minimum absolute atomic E-state index is 0.201. The normalized spacial score (nSPS) is 15.7. The smallest absolute Gasteiger partial charge is 0.208 e. The van der Waals surface area contributed by atoms with E-state index >= 15 is 0 Å². The van der Waals surface area contributed by atoms with Crippen molar-refractivity contribution in [2.24, 2.45) is 0 Å². The molecule has 0 atom stereocenters. The second-order valence-electron chi connectivity index (χ2n) is 4.39. The predicted octanol–water partition coefficient (Wildman–Crippen LogP) is 2.63. The SMILES string of the molecule is Cc1cn2cc(C)c(OC3CC3)c(F)c2n1. The Morgan fingerprint density at radius 1 is 1.38 bits per heavy atom. The van der Waals surface area contributed by atoms with Gasteiger partial charge in [-0.05, 0) is 26.7 Å². The molecule has 0 aromatic carbocycles. The Bertz CT molecular complexity index is 558. The van der Waals surface area contributed by atoms with Gasteiger partial charge in [0.25, 0.3) is 0 Å². The first-order chi connectivity index (χ1) is 7.65. The van der Waals surface area contributed by atoms with Crippen LogP contribution in [0, 0.1) is 19.7 Å². The highest BCUT2D eigenvalue weighted by Gasteiger charge is 2.26. The van der Waals surface area contributed by atoms with Crippen LogP contribution in [0.4, 0.5) is 4.39 Å². The summed E-state index contributed by atoms with van der Waals surface area (Å²) in [7, 11) is 0. The van der Waals surface area contributed by atoms with Crippen LogP contribution in [-0.4, -0.2) is 15.5 Å². The summed E-state index contributed by atoms with van der Waals surface area (Å²) in [5, 5.41) is 0. The van der Waals surface area contributed by atoms with E-state index in [0.717, 1.165) is 24.1 Å². The number of halogens is 1. The van der Waals surface area contributed by atoms with Crippen molar-refractivity contribution < 1.29 is 9.13 Å². The molecule has 3 rings (SSSR count). The number of ether oxygens (including phenoxy) is 1. The van der Waals surface area contributed by atoms with Gasteiger partial charge >= 0.3 is 0 Å². The number of hydrogen-bond acceptors (Lipinski definition) is 2. The maximum absolute atomic E-state index is 14.1. The van der Waals surface area contributed by atoms with Crippen molar-refractivity contribution in [3.05, 3.63) is 29.5 Å². The van der Waals surface area contributed by atoms with Crippen molar-refractivity contribution in [1.29, 1.82) is 0 Å². The second-order valence-corrected chi connectivity index (χ2v) is 4.39. The lowest BCUT2D eigenvalue weighted by Crippen LogP contribution is -2.03. The van der Waals surface area contributed by atoms with Crippen molar-refractivity contribution in [2.75, 3.05) is 0 Å². The van der Waals surface area contributed by atoms with Crippen molar-refractivity contribution in [2.45, 2.75) is 32.8 Å². The molecular weight excluding hydrogens is 207 g/mol. The maximum atomic E-state index is 14.1. The number of fused-ring (bicyclic) bond motifs is 1. The van der Waals surface area contributed by atoms with Crippen molar-refractivity contribution in [3.8, 4) is 5.75 Å². The molecule has 0 N–H and O–H groups in total. The average molecular weight is 220 g/mol. The average Bonchev–Trinajstić information content (AvgIpc) is 2.96. The molecule has 2 heterocycles. The Hall–Kier alpha value is -1.58. The number of hydrogen-bond donors (Lipinski definition) is 0. The fraction of sp³-hybridized carbons (Fsp3) is 0.417.